The number of likely N-dealkylation sites (N-methyl/N-ethyl adjacent to an activating group) is 1. The van der Waals surface area contributed by atoms with E-state index < -0.39 is 20.0 Å². The average molecular weight is 1090 g/mol. The van der Waals surface area contributed by atoms with Crippen LogP contribution in [0.3, 0.4) is 0 Å². The summed E-state index contributed by atoms with van der Waals surface area (Å²) in [5.41, 5.74) is 0. The Balaban J connectivity index is 5.05. The van der Waals surface area contributed by atoms with Crippen LogP contribution >= 0.6 is 7.82 Å². The maximum atomic E-state index is 13.5. The van der Waals surface area contributed by atoms with Crippen LogP contribution in [0.1, 0.15) is 297 Å². The molecule has 2 N–H and O–H groups in total. The number of ether oxygens (including phenoxy) is 1. The second kappa shape index (κ2) is 56.0. The molecule has 0 aliphatic heterocycles. The van der Waals surface area contributed by atoms with Gasteiger partial charge in [-0.15, -0.1) is 0 Å². The Labute approximate surface area is 471 Å². The van der Waals surface area contributed by atoms with Crippen LogP contribution in [-0.2, 0) is 27.9 Å². The van der Waals surface area contributed by atoms with Gasteiger partial charge in [-0.05, 0) is 89.5 Å². The smallest absolute Gasteiger partial charge is 0.456 e. The SMILES string of the molecule is CC/C=C/C/C=C/CCCCCCCCCC(=O)NC(COP(=O)(O)OCC[N+](C)(C)C)C(/C=C\CCCCCCCCCCC)OC(=O)CCCCCCCCCCCCCCCCC/C=C\C/C=C\CCCCC. The number of nitrogens with zero attached hydrogens (tertiary/aromatic N) is 1. The number of hydrogen-bond donors (Lipinski definition) is 2. The standard InChI is InChI=1S/C66H123N2O7P/c1-7-10-13-16-19-22-25-27-29-30-31-32-33-34-35-36-37-38-39-41-44-47-50-53-56-59-66(70)75-64(57-54-51-48-45-42-24-21-18-15-12-9-3)63(62-74-76(71,72)73-61-60-68(4,5)6)67-65(69)58-55-52-49-46-43-40-28-26-23-20-17-14-11-8-2/h11,14,19-20,22-23,27,29,54,57,63-64H,7-10,12-13,15-18,21,24-26,28,30-53,55-56,58-62H2,1-6H3,(H-,67,69,71,72)/p+1/b14-11+,22-19-,23-20+,29-27-,57-54-. The van der Waals surface area contributed by atoms with E-state index in [2.05, 4.69) is 74.7 Å². The first-order chi connectivity index (χ1) is 36.9. The number of nitrogens with one attached hydrogen (secondary N) is 1. The highest BCUT2D eigenvalue weighted by Gasteiger charge is 2.30. The Bertz CT molecular complexity index is 1490. The van der Waals surface area contributed by atoms with Crippen molar-refractivity contribution >= 4 is 19.7 Å². The molecule has 76 heavy (non-hydrogen) atoms. The van der Waals surface area contributed by atoms with Gasteiger partial charge in [-0.3, -0.25) is 18.6 Å². The van der Waals surface area contributed by atoms with Gasteiger partial charge in [-0.25, -0.2) is 4.57 Å². The van der Waals surface area contributed by atoms with Gasteiger partial charge < -0.3 is 19.4 Å². The highest BCUT2D eigenvalue weighted by molar-refractivity contribution is 7.47. The van der Waals surface area contributed by atoms with Crippen LogP contribution in [0.5, 0.6) is 0 Å². The van der Waals surface area contributed by atoms with E-state index in [1.54, 1.807) is 0 Å². The summed E-state index contributed by atoms with van der Waals surface area (Å²) in [5, 5.41) is 3.05. The first kappa shape index (κ1) is 73.7. The molecule has 0 aromatic rings. The molecule has 0 aromatic heterocycles. The molecule has 0 fully saturated rings. The van der Waals surface area contributed by atoms with Crippen LogP contribution in [0.15, 0.2) is 60.8 Å². The van der Waals surface area contributed by atoms with Crippen LogP contribution in [-0.4, -0.2) is 74.3 Å². The molecule has 0 radical (unpaired) electrons. The first-order valence-corrected chi connectivity index (χ1v) is 33.6. The maximum absolute atomic E-state index is 13.5. The zero-order chi connectivity index (χ0) is 55.7. The fourth-order valence-electron chi connectivity index (χ4n) is 9.24. The Morgan fingerprint density at radius 1 is 0.474 bits per heavy atom. The number of phosphoric ester groups is 1. The van der Waals surface area contributed by atoms with E-state index in [4.69, 9.17) is 13.8 Å². The molecule has 1 amide bonds. The summed E-state index contributed by atoms with van der Waals surface area (Å²) in [5.74, 6) is -0.508. The Kier molecular flexibility index (Phi) is 54.3. The molecule has 0 spiro atoms. The molecule has 0 heterocycles. The summed E-state index contributed by atoms with van der Waals surface area (Å²) in [4.78, 5) is 37.7. The number of carbonyl (C=O) groups is 2. The third-order valence-electron chi connectivity index (χ3n) is 14.2. The van der Waals surface area contributed by atoms with Crippen molar-refractivity contribution < 1.29 is 37.3 Å². The third-order valence-corrected chi connectivity index (χ3v) is 15.2. The Morgan fingerprint density at radius 3 is 1.28 bits per heavy atom. The molecule has 3 atom stereocenters. The predicted octanol–water partition coefficient (Wildman–Crippen LogP) is 19.8. The molecule has 0 aliphatic rings. The fourth-order valence-corrected chi connectivity index (χ4v) is 9.98. The lowest BCUT2D eigenvalue weighted by molar-refractivity contribution is -0.870. The van der Waals surface area contributed by atoms with E-state index in [0.717, 1.165) is 89.9 Å². The summed E-state index contributed by atoms with van der Waals surface area (Å²) in [6.07, 6.45) is 70.9. The zero-order valence-electron chi connectivity index (χ0n) is 50.7. The summed E-state index contributed by atoms with van der Waals surface area (Å²) in [7, 11) is 1.49. The maximum Gasteiger partial charge on any atom is 0.472 e. The molecular weight excluding hydrogens is 964 g/mol. The van der Waals surface area contributed by atoms with Gasteiger partial charge in [0.05, 0.1) is 33.8 Å². The van der Waals surface area contributed by atoms with Gasteiger partial charge in [0, 0.05) is 12.8 Å². The molecule has 0 saturated carbocycles. The second-order valence-corrected chi connectivity index (χ2v) is 24.4. The molecule has 3 unspecified atom stereocenters. The molecule has 10 heteroatoms. The average Bonchev–Trinajstić information content (AvgIpc) is 3.38. The van der Waals surface area contributed by atoms with Crippen molar-refractivity contribution in [3.63, 3.8) is 0 Å². The minimum atomic E-state index is -4.45. The Morgan fingerprint density at radius 2 is 0.842 bits per heavy atom. The van der Waals surface area contributed by atoms with E-state index in [-0.39, 0.29) is 31.5 Å². The molecule has 0 saturated heterocycles. The van der Waals surface area contributed by atoms with Gasteiger partial charge in [0.15, 0.2) is 0 Å². The van der Waals surface area contributed by atoms with Gasteiger partial charge in [-0.1, -0.05) is 255 Å². The summed E-state index contributed by atoms with van der Waals surface area (Å²) >= 11 is 0. The largest absolute Gasteiger partial charge is 0.472 e. The van der Waals surface area contributed by atoms with Crippen molar-refractivity contribution in [1.82, 2.24) is 5.32 Å². The van der Waals surface area contributed by atoms with Gasteiger partial charge in [0.1, 0.15) is 19.3 Å². The van der Waals surface area contributed by atoms with Crippen molar-refractivity contribution in [3.05, 3.63) is 60.8 Å². The Hall–Kier alpha value is -2.29. The van der Waals surface area contributed by atoms with E-state index in [0.29, 0.717) is 17.4 Å². The van der Waals surface area contributed by atoms with E-state index in [1.807, 2.05) is 33.3 Å². The van der Waals surface area contributed by atoms with Crippen LogP contribution in [0, 0.1) is 0 Å². The lowest BCUT2D eigenvalue weighted by Gasteiger charge is -2.27. The lowest BCUT2D eigenvalue weighted by Crippen LogP contribution is -2.47. The van der Waals surface area contributed by atoms with Crippen molar-refractivity contribution in [2.24, 2.45) is 0 Å². The number of rotatable bonds is 58. The molecule has 0 bridgehead atoms. The normalized spacial score (nSPS) is 14.0. The number of esters is 1. The van der Waals surface area contributed by atoms with Crippen LogP contribution in [0.2, 0.25) is 0 Å². The summed E-state index contributed by atoms with van der Waals surface area (Å²) < 4.78 is 30.7. The topological polar surface area (TPSA) is 111 Å². The molecule has 0 rings (SSSR count). The highest BCUT2D eigenvalue weighted by Crippen LogP contribution is 2.43. The lowest BCUT2D eigenvalue weighted by atomic mass is 10.0. The van der Waals surface area contributed by atoms with E-state index in [1.165, 1.54) is 173 Å². The summed E-state index contributed by atoms with van der Waals surface area (Å²) in [6, 6.07) is -0.852. The van der Waals surface area contributed by atoms with Gasteiger partial charge in [0.2, 0.25) is 5.91 Å². The van der Waals surface area contributed by atoms with Crippen molar-refractivity contribution in [3.8, 4) is 0 Å². The number of hydrogen-bond acceptors (Lipinski definition) is 6. The third kappa shape index (κ3) is 56.4. The minimum Gasteiger partial charge on any atom is -0.456 e. The number of unbranched alkanes of at least 4 members (excludes halogenated alkanes) is 34. The van der Waals surface area contributed by atoms with Crippen LogP contribution in [0.4, 0.5) is 0 Å². The first-order valence-electron chi connectivity index (χ1n) is 32.1. The molecule has 0 aliphatic carbocycles. The van der Waals surface area contributed by atoms with Crippen molar-refractivity contribution in [1.29, 1.82) is 0 Å². The summed E-state index contributed by atoms with van der Waals surface area (Å²) in [6.45, 7) is 6.89. The number of allylic oxidation sites excluding steroid dienone is 9. The fraction of sp³-hybridized carbons (Fsp3) is 0.818. The monoisotopic (exact) mass is 1090 g/mol. The highest BCUT2D eigenvalue weighted by atomic mass is 31.2. The zero-order valence-corrected chi connectivity index (χ0v) is 51.6. The second-order valence-electron chi connectivity index (χ2n) is 22.9. The number of phosphoric acid groups is 1. The van der Waals surface area contributed by atoms with Crippen molar-refractivity contribution in [2.75, 3.05) is 40.9 Å². The quantitative estimate of drug-likeness (QED) is 0.0205. The number of carbonyl (C=O) groups excluding carboxylic acids is 2. The minimum absolute atomic E-state index is 0.0382. The van der Waals surface area contributed by atoms with Crippen molar-refractivity contribution in [2.45, 2.75) is 309 Å². The number of amides is 1. The molecule has 444 valence electrons. The van der Waals surface area contributed by atoms with Crippen LogP contribution in [0.25, 0.3) is 0 Å². The predicted molar refractivity (Wildman–Crippen MR) is 328 cm³/mol. The van der Waals surface area contributed by atoms with Crippen LogP contribution < -0.4 is 5.32 Å². The van der Waals surface area contributed by atoms with E-state index in [9.17, 15) is 19.0 Å². The molecular formula is C66H124N2O7P+. The van der Waals surface area contributed by atoms with Gasteiger partial charge >= 0.3 is 13.8 Å². The van der Waals surface area contributed by atoms with Gasteiger partial charge in [0.25, 0.3) is 0 Å². The number of quaternary nitrogens is 1. The van der Waals surface area contributed by atoms with Gasteiger partial charge in [-0.2, -0.15) is 0 Å². The van der Waals surface area contributed by atoms with E-state index >= 15 is 0 Å². The molecule has 9 nitrogen and oxygen atoms in total. The molecule has 0 aromatic carbocycles.